The number of nitrogens with zero attached hydrogens (tertiary/aromatic N) is 1. The molecule has 2 heterocycles. The lowest BCUT2D eigenvalue weighted by atomic mass is 10.1. The molecule has 1 amide bonds. The van der Waals surface area contributed by atoms with Gasteiger partial charge in [0.05, 0.1) is 24.1 Å². The van der Waals surface area contributed by atoms with Crippen molar-refractivity contribution in [2.45, 2.75) is 6.54 Å². The van der Waals surface area contributed by atoms with Gasteiger partial charge in [0, 0.05) is 29.0 Å². The lowest BCUT2D eigenvalue weighted by molar-refractivity contribution is 0.0952. The number of imidazole rings is 1. The highest BCUT2D eigenvalue weighted by Crippen LogP contribution is 2.20. The largest absolute Gasteiger partial charge is 0.399 e. The Labute approximate surface area is 109 Å². The zero-order valence-corrected chi connectivity index (χ0v) is 10.1. The molecule has 0 saturated carbocycles. The molecule has 0 atom stereocenters. The second-order valence-corrected chi connectivity index (χ2v) is 4.27. The number of aromatic nitrogens is 3. The number of carbonyl (C=O) groups excluding carboxylic acids is 1. The van der Waals surface area contributed by atoms with Gasteiger partial charge in [0.15, 0.2) is 0 Å². The van der Waals surface area contributed by atoms with Crippen molar-refractivity contribution in [3.8, 4) is 0 Å². The third-order valence-corrected chi connectivity index (χ3v) is 2.94. The smallest absolute Gasteiger partial charge is 0.253 e. The first-order valence-electron chi connectivity index (χ1n) is 5.86. The highest BCUT2D eigenvalue weighted by atomic mass is 16.1. The molecular weight excluding hydrogens is 242 g/mol. The standard InChI is InChI=1S/C13H13N5O/c14-8-1-2-12-10(3-8)11(6-16-12)13(19)17-5-9-4-15-7-18-9/h1-4,6-7,16H,5,14H2,(H,15,18)(H,17,19). The molecule has 2 aromatic heterocycles. The lowest BCUT2D eigenvalue weighted by Crippen LogP contribution is -2.22. The average molecular weight is 255 g/mol. The Morgan fingerprint density at radius 3 is 3.05 bits per heavy atom. The molecule has 3 aromatic rings. The Morgan fingerprint density at radius 1 is 1.37 bits per heavy atom. The summed E-state index contributed by atoms with van der Waals surface area (Å²) in [5.74, 6) is -0.147. The number of fused-ring (bicyclic) bond motifs is 1. The van der Waals surface area contributed by atoms with Crippen LogP contribution in [0, 0.1) is 0 Å². The minimum atomic E-state index is -0.147. The summed E-state index contributed by atoms with van der Waals surface area (Å²) in [6.45, 7) is 0.411. The number of hydrogen-bond donors (Lipinski definition) is 4. The Kier molecular flexibility index (Phi) is 2.68. The van der Waals surface area contributed by atoms with Crippen LogP contribution < -0.4 is 11.1 Å². The summed E-state index contributed by atoms with van der Waals surface area (Å²) in [7, 11) is 0. The van der Waals surface area contributed by atoms with Crippen molar-refractivity contribution in [2.24, 2.45) is 0 Å². The number of nitrogens with two attached hydrogens (primary N) is 1. The van der Waals surface area contributed by atoms with E-state index in [4.69, 9.17) is 5.73 Å². The molecule has 0 bridgehead atoms. The third kappa shape index (κ3) is 2.15. The van der Waals surface area contributed by atoms with E-state index in [0.717, 1.165) is 16.6 Å². The second kappa shape index (κ2) is 4.49. The van der Waals surface area contributed by atoms with Crippen LogP contribution in [-0.2, 0) is 6.54 Å². The van der Waals surface area contributed by atoms with E-state index in [1.54, 1.807) is 30.9 Å². The summed E-state index contributed by atoms with van der Waals surface area (Å²) in [5.41, 5.74) is 8.71. The van der Waals surface area contributed by atoms with Crippen LogP contribution in [0.15, 0.2) is 36.9 Å². The lowest BCUT2D eigenvalue weighted by Gasteiger charge is -2.02. The van der Waals surface area contributed by atoms with Gasteiger partial charge in [0.2, 0.25) is 0 Å². The van der Waals surface area contributed by atoms with Crippen LogP contribution in [0.4, 0.5) is 5.69 Å². The zero-order valence-electron chi connectivity index (χ0n) is 10.1. The van der Waals surface area contributed by atoms with Crippen LogP contribution >= 0.6 is 0 Å². The molecule has 5 N–H and O–H groups in total. The summed E-state index contributed by atoms with van der Waals surface area (Å²) in [4.78, 5) is 22.0. The molecule has 0 unspecified atom stereocenters. The maximum Gasteiger partial charge on any atom is 0.253 e. The number of aromatic amines is 2. The van der Waals surface area contributed by atoms with Crippen LogP contribution in [0.5, 0.6) is 0 Å². The van der Waals surface area contributed by atoms with Crippen LogP contribution in [0.1, 0.15) is 16.1 Å². The first-order chi connectivity index (χ1) is 9.24. The van der Waals surface area contributed by atoms with Gasteiger partial charge in [-0.15, -0.1) is 0 Å². The molecule has 0 aliphatic heterocycles. The van der Waals surface area contributed by atoms with Gasteiger partial charge < -0.3 is 21.0 Å². The Bertz CT molecular complexity index is 714. The van der Waals surface area contributed by atoms with Crippen molar-refractivity contribution >= 4 is 22.5 Å². The van der Waals surface area contributed by atoms with Gasteiger partial charge in [-0.1, -0.05) is 0 Å². The number of benzene rings is 1. The maximum absolute atomic E-state index is 12.1. The number of nitrogen functional groups attached to an aromatic ring is 1. The van der Waals surface area contributed by atoms with Crippen LogP contribution in [0.3, 0.4) is 0 Å². The molecule has 1 aromatic carbocycles. The normalized spacial score (nSPS) is 10.7. The number of hydrogen-bond acceptors (Lipinski definition) is 3. The molecule has 19 heavy (non-hydrogen) atoms. The summed E-state index contributed by atoms with van der Waals surface area (Å²) >= 11 is 0. The Morgan fingerprint density at radius 2 is 2.26 bits per heavy atom. The van der Waals surface area contributed by atoms with E-state index >= 15 is 0 Å². The number of carbonyl (C=O) groups is 1. The third-order valence-electron chi connectivity index (χ3n) is 2.94. The fraction of sp³-hybridized carbons (Fsp3) is 0.0769. The molecule has 96 valence electrons. The monoisotopic (exact) mass is 255 g/mol. The first kappa shape index (κ1) is 11.3. The fourth-order valence-electron chi connectivity index (χ4n) is 1.98. The van der Waals surface area contributed by atoms with Crippen molar-refractivity contribution in [3.63, 3.8) is 0 Å². The molecule has 3 rings (SSSR count). The Balaban J connectivity index is 1.83. The second-order valence-electron chi connectivity index (χ2n) is 4.27. The molecular formula is C13H13N5O. The van der Waals surface area contributed by atoms with Crippen molar-refractivity contribution < 1.29 is 4.79 Å². The molecule has 0 saturated heterocycles. The average Bonchev–Trinajstić information content (AvgIpc) is 3.04. The first-order valence-corrected chi connectivity index (χ1v) is 5.86. The summed E-state index contributed by atoms with van der Waals surface area (Å²) in [6.07, 6.45) is 4.94. The Hall–Kier alpha value is -2.76. The predicted molar refractivity (Wildman–Crippen MR) is 72.5 cm³/mol. The molecule has 0 radical (unpaired) electrons. The molecule has 6 heteroatoms. The van der Waals surface area contributed by atoms with Gasteiger partial charge in [0.25, 0.3) is 5.91 Å². The topological polar surface area (TPSA) is 99.6 Å². The zero-order chi connectivity index (χ0) is 13.2. The highest BCUT2D eigenvalue weighted by molar-refractivity contribution is 6.07. The van der Waals surface area contributed by atoms with Crippen molar-refractivity contribution in [1.82, 2.24) is 20.3 Å². The highest BCUT2D eigenvalue weighted by Gasteiger charge is 2.12. The van der Waals surface area contributed by atoms with Crippen molar-refractivity contribution in [2.75, 3.05) is 5.73 Å². The van der Waals surface area contributed by atoms with Crippen molar-refractivity contribution in [3.05, 3.63) is 48.2 Å². The van der Waals surface area contributed by atoms with E-state index in [9.17, 15) is 4.79 Å². The van der Waals surface area contributed by atoms with Gasteiger partial charge in [-0.25, -0.2) is 4.98 Å². The van der Waals surface area contributed by atoms with Gasteiger partial charge in [-0.3, -0.25) is 4.79 Å². The minimum Gasteiger partial charge on any atom is -0.399 e. The van der Waals surface area contributed by atoms with Crippen LogP contribution in [0.25, 0.3) is 10.9 Å². The number of amides is 1. The molecule has 0 spiro atoms. The number of rotatable bonds is 3. The summed E-state index contributed by atoms with van der Waals surface area (Å²) in [5, 5.41) is 3.65. The van der Waals surface area contributed by atoms with E-state index in [1.165, 1.54) is 0 Å². The van der Waals surface area contributed by atoms with Gasteiger partial charge in [0.1, 0.15) is 0 Å². The maximum atomic E-state index is 12.1. The molecule has 0 aliphatic carbocycles. The number of anilines is 1. The van der Waals surface area contributed by atoms with Crippen LogP contribution in [-0.4, -0.2) is 20.9 Å². The van der Waals surface area contributed by atoms with E-state index < -0.39 is 0 Å². The van der Waals surface area contributed by atoms with Gasteiger partial charge >= 0.3 is 0 Å². The number of nitrogens with one attached hydrogen (secondary N) is 3. The minimum absolute atomic E-state index is 0.147. The fourth-order valence-corrected chi connectivity index (χ4v) is 1.98. The summed E-state index contributed by atoms with van der Waals surface area (Å²) < 4.78 is 0. The quantitative estimate of drug-likeness (QED) is 0.532. The van der Waals surface area contributed by atoms with E-state index in [0.29, 0.717) is 17.8 Å². The number of H-pyrrole nitrogens is 2. The van der Waals surface area contributed by atoms with Crippen LogP contribution in [0.2, 0.25) is 0 Å². The SMILES string of the molecule is Nc1ccc2[nH]cc(C(=O)NCc3cnc[nH]3)c2c1. The van der Waals surface area contributed by atoms with Gasteiger partial charge in [-0.05, 0) is 18.2 Å². The molecule has 0 aliphatic rings. The predicted octanol–water partition coefficient (Wildman–Crippen LogP) is 1.40. The molecule has 6 nitrogen and oxygen atoms in total. The van der Waals surface area contributed by atoms with E-state index in [-0.39, 0.29) is 5.91 Å². The van der Waals surface area contributed by atoms with E-state index in [2.05, 4.69) is 20.3 Å². The van der Waals surface area contributed by atoms with Crippen molar-refractivity contribution in [1.29, 1.82) is 0 Å². The summed E-state index contributed by atoms with van der Waals surface area (Å²) in [6, 6.07) is 5.44. The van der Waals surface area contributed by atoms with E-state index in [1.807, 2.05) is 6.07 Å². The van der Waals surface area contributed by atoms with Gasteiger partial charge in [-0.2, -0.15) is 0 Å². The molecule has 0 fully saturated rings.